The van der Waals surface area contributed by atoms with E-state index in [4.69, 9.17) is 0 Å². The molecule has 0 bridgehead atoms. The average molecular weight is 368 g/mol. The molecule has 140 valence electrons. The van der Waals surface area contributed by atoms with Crippen molar-refractivity contribution in [2.75, 3.05) is 0 Å². The van der Waals surface area contributed by atoms with Crippen molar-refractivity contribution in [3.63, 3.8) is 0 Å². The largest absolute Gasteiger partial charge is 0.481 e. The fraction of sp³-hybridized carbons (Fsp3) is 0.192. The molecular formula is C26H24O2. The first-order valence-electron chi connectivity index (χ1n) is 9.86. The van der Waals surface area contributed by atoms with Crippen LogP contribution in [-0.2, 0) is 4.79 Å². The van der Waals surface area contributed by atoms with Gasteiger partial charge in [0.2, 0.25) is 0 Å². The lowest BCUT2D eigenvalue weighted by Crippen LogP contribution is -1.99. The Hall–Kier alpha value is -3.13. The van der Waals surface area contributed by atoms with E-state index in [0.29, 0.717) is 0 Å². The Morgan fingerprint density at radius 3 is 1.86 bits per heavy atom. The summed E-state index contributed by atoms with van der Waals surface area (Å²) in [5, 5.41) is 9.20. The van der Waals surface area contributed by atoms with Crippen LogP contribution in [0.1, 0.15) is 47.9 Å². The van der Waals surface area contributed by atoms with Crippen LogP contribution in [0.3, 0.4) is 0 Å². The summed E-state index contributed by atoms with van der Waals surface area (Å²) in [6.45, 7) is 2.20. The Balaban J connectivity index is 1.79. The number of rotatable bonds is 6. The summed E-state index contributed by atoms with van der Waals surface area (Å²) in [5.41, 5.74) is 7.29. The third-order valence-corrected chi connectivity index (χ3v) is 5.58. The number of aliphatic carboxylic acids is 1. The van der Waals surface area contributed by atoms with E-state index in [0.717, 1.165) is 18.4 Å². The van der Waals surface area contributed by atoms with Crippen molar-refractivity contribution in [1.29, 1.82) is 0 Å². The predicted molar refractivity (Wildman–Crippen MR) is 114 cm³/mol. The molecule has 2 heteroatoms. The van der Waals surface area contributed by atoms with Gasteiger partial charge < -0.3 is 5.11 Å². The first kappa shape index (κ1) is 18.2. The highest BCUT2D eigenvalue weighted by Crippen LogP contribution is 2.48. The second kappa shape index (κ2) is 7.85. The van der Waals surface area contributed by atoms with Crippen LogP contribution >= 0.6 is 0 Å². The van der Waals surface area contributed by atoms with Crippen molar-refractivity contribution in [3.8, 4) is 0 Å². The molecule has 2 unspecified atom stereocenters. The highest BCUT2D eigenvalue weighted by atomic mass is 16.4. The van der Waals surface area contributed by atoms with Gasteiger partial charge in [0.05, 0.1) is 5.92 Å². The van der Waals surface area contributed by atoms with E-state index in [9.17, 15) is 9.90 Å². The molecule has 2 atom stereocenters. The normalized spacial score (nSPS) is 19.0. The second-order valence-corrected chi connectivity index (χ2v) is 7.35. The fourth-order valence-corrected chi connectivity index (χ4v) is 4.02. The highest BCUT2D eigenvalue weighted by molar-refractivity contribution is 5.98. The lowest BCUT2D eigenvalue weighted by atomic mass is 9.88. The molecular weight excluding hydrogens is 344 g/mol. The van der Waals surface area contributed by atoms with Crippen LogP contribution in [0.15, 0.2) is 84.9 Å². The number of hydrogen-bond donors (Lipinski definition) is 1. The Morgan fingerprint density at radius 1 is 0.821 bits per heavy atom. The summed E-state index contributed by atoms with van der Waals surface area (Å²) in [7, 11) is 0. The van der Waals surface area contributed by atoms with Gasteiger partial charge in [-0.15, -0.1) is 0 Å². The van der Waals surface area contributed by atoms with E-state index in [1.54, 1.807) is 0 Å². The van der Waals surface area contributed by atoms with Crippen LogP contribution in [0.2, 0.25) is 0 Å². The maximum atomic E-state index is 11.2. The highest BCUT2D eigenvalue weighted by Gasteiger charge is 2.44. The van der Waals surface area contributed by atoms with Crippen LogP contribution in [0.5, 0.6) is 0 Å². The molecule has 0 amide bonds. The van der Waals surface area contributed by atoms with Crippen molar-refractivity contribution in [2.45, 2.75) is 25.7 Å². The number of carboxylic acid groups (broad SMARTS) is 1. The van der Waals surface area contributed by atoms with E-state index in [-0.39, 0.29) is 11.8 Å². The van der Waals surface area contributed by atoms with Gasteiger partial charge in [0.15, 0.2) is 0 Å². The molecule has 0 heterocycles. The quantitative estimate of drug-likeness (QED) is 0.523. The van der Waals surface area contributed by atoms with Crippen LogP contribution < -0.4 is 0 Å². The summed E-state index contributed by atoms with van der Waals surface area (Å²) >= 11 is 0. The maximum Gasteiger partial charge on any atom is 0.307 e. The van der Waals surface area contributed by atoms with Crippen molar-refractivity contribution in [3.05, 3.63) is 107 Å². The zero-order chi connectivity index (χ0) is 19.5. The molecule has 0 aromatic heterocycles. The van der Waals surface area contributed by atoms with Gasteiger partial charge in [-0.05, 0) is 52.2 Å². The Bertz CT molecular complexity index is 986. The Labute approximate surface area is 166 Å². The molecule has 4 rings (SSSR count). The minimum atomic E-state index is -0.684. The summed E-state index contributed by atoms with van der Waals surface area (Å²) in [4.78, 5) is 11.2. The molecule has 1 N–H and O–H groups in total. The Kier molecular flexibility index (Phi) is 5.12. The maximum absolute atomic E-state index is 11.2. The monoisotopic (exact) mass is 368 g/mol. The summed E-state index contributed by atoms with van der Waals surface area (Å²) < 4.78 is 0. The van der Waals surface area contributed by atoms with Crippen LogP contribution in [0, 0.1) is 5.92 Å². The predicted octanol–water partition coefficient (Wildman–Crippen LogP) is 6.24. The SMILES string of the molecule is CCC(=C(c1ccccc1)c1ccc(C2CC2C(=O)O)cc1)c1ccccc1. The lowest BCUT2D eigenvalue weighted by Gasteiger charge is -2.16. The lowest BCUT2D eigenvalue weighted by molar-refractivity contribution is -0.138. The third-order valence-electron chi connectivity index (χ3n) is 5.58. The van der Waals surface area contributed by atoms with E-state index >= 15 is 0 Å². The standard InChI is InChI=1S/C26H24O2/c1-2-22(18-9-5-3-6-10-18)25(20-11-7-4-8-12-20)21-15-13-19(14-16-21)23-17-24(23)26(27)28/h3-16,23-24H,2,17H2,1H3,(H,27,28). The van der Waals surface area contributed by atoms with E-state index in [2.05, 4.69) is 79.7 Å². The first-order chi connectivity index (χ1) is 13.7. The van der Waals surface area contributed by atoms with Crippen LogP contribution in [0.4, 0.5) is 0 Å². The molecule has 28 heavy (non-hydrogen) atoms. The second-order valence-electron chi connectivity index (χ2n) is 7.35. The number of benzene rings is 3. The van der Waals surface area contributed by atoms with Crippen molar-refractivity contribution < 1.29 is 9.90 Å². The van der Waals surface area contributed by atoms with E-state index < -0.39 is 5.97 Å². The third kappa shape index (κ3) is 3.63. The summed E-state index contributed by atoms with van der Waals surface area (Å²) in [5.74, 6) is -0.739. The molecule has 0 aliphatic heterocycles. The van der Waals surface area contributed by atoms with E-state index in [1.165, 1.54) is 27.8 Å². The van der Waals surface area contributed by atoms with Crippen molar-refractivity contribution in [1.82, 2.24) is 0 Å². The minimum Gasteiger partial charge on any atom is -0.481 e. The van der Waals surface area contributed by atoms with Gasteiger partial charge in [-0.2, -0.15) is 0 Å². The molecule has 1 aliphatic carbocycles. The average Bonchev–Trinajstić information content (AvgIpc) is 3.55. The number of hydrogen-bond acceptors (Lipinski definition) is 1. The molecule has 1 fully saturated rings. The van der Waals surface area contributed by atoms with Crippen molar-refractivity contribution >= 4 is 17.1 Å². The molecule has 0 spiro atoms. The van der Waals surface area contributed by atoms with Gasteiger partial charge in [-0.3, -0.25) is 4.79 Å². The molecule has 2 nitrogen and oxygen atoms in total. The van der Waals surface area contributed by atoms with Gasteiger partial charge in [0.1, 0.15) is 0 Å². The fourth-order valence-electron chi connectivity index (χ4n) is 4.02. The van der Waals surface area contributed by atoms with Crippen LogP contribution in [-0.4, -0.2) is 11.1 Å². The number of allylic oxidation sites excluding steroid dienone is 1. The van der Waals surface area contributed by atoms with Gasteiger partial charge in [-0.1, -0.05) is 91.9 Å². The molecule has 1 saturated carbocycles. The zero-order valence-electron chi connectivity index (χ0n) is 16.0. The summed E-state index contributed by atoms with van der Waals surface area (Å²) in [6.07, 6.45) is 1.68. The van der Waals surface area contributed by atoms with Gasteiger partial charge in [-0.25, -0.2) is 0 Å². The summed E-state index contributed by atoms with van der Waals surface area (Å²) in [6, 6.07) is 29.5. The molecule has 0 radical (unpaired) electrons. The first-order valence-corrected chi connectivity index (χ1v) is 9.86. The molecule has 3 aromatic rings. The van der Waals surface area contributed by atoms with Gasteiger partial charge in [0, 0.05) is 0 Å². The minimum absolute atomic E-state index is 0.162. The number of carbonyl (C=O) groups is 1. The molecule has 0 saturated heterocycles. The topological polar surface area (TPSA) is 37.3 Å². The smallest absolute Gasteiger partial charge is 0.307 e. The van der Waals surface area contributed by atoms with Crippen molar-refractivity contribution in [2.24, 2.45) is 5.92 Å². The molecule has 1 aliphatic rings. The van der Waals surface area contributed by atoms with Gasteiger partial charge in [0.25, 0.3) is 0 Å². The molecule has 3 aromatic carbocycles. The van der Waals surface area contributed by atoms with Crippen LogP contribution in [0.25, 0.3) is 11.1 Å². The van der Waals surface area contributed by atoms with Gasteiger partial charge >= 0.3 is 5.97 Å². The Morgan fingerprint density at radius 2 is 1.36 bits per heavy atom. The number of carboxylic acids is 1. The van der Waals surface area contributed by atoms with E-state index in [1.807, 2.05) is 12.1 Å². The zero-order valence-corrected chi connectivity index (χ0v) is 16.0.